The molecule has 2 aromatic rings. The van der Waals surface area contributed by atoms with Crippen molar-refractivity contribution in [3.8, 4) is 5.75 Å². The molecule has 1 aromatic carbocycles. The van der Waals surface area contributed by atoms with Crippen LogP contribution < -0.4 is 4.74 Å². The molecule has 1 heterocycles. The van der Waals surface area contributed by atoms with Crippen molar-refractivity contribution in [2.75, 3.05) is 0 Å². The van der Waals surface area contributed by atoms with Crippen molar-refractivity contribution in [2.24, 2.45) is 5.41 Å². The normalized spacial score (nSPS) is 13.0. The number of carbonyl (C=O) groups excluding carboxylic acids is 1. The van der Waals surface area contributed by atoms with Crippen LogP contribution in [0.2, 0.25) is 0 Å². The molecule has 0 fully saturated rings. The van der Waals surface area contributed by atoms with Crippen molar-refractivity contribution in [3.63, 3.8) is 0 Å². The molecule has 1 atom stereocenters. The highest BCUT2D eigenvalue weighted by atomic mass is 79.9. The Balaban J connectivity index is 2.28. The lowest BCUT2D eigenvalue weighted by Gasteiger charge is -2.24. The summed E-state index contributed by atoms with van der Waals surface area (Å²) in [7, 11) is 0. The van der Waals surface area contributed by atoms with Gasteiger partial charge in [-0.25, -0.2) is 4.98 Å². The summed E-state index contributed by atoms with van der Waals surface area (Å²) in [4.78, 5) is 19.7. The van der Waals surface area contributed by atoms with E-state index in [1.54, 1.807) is 12.4 Å². The van der Waals surface area contributed by atoms with Gasteiger partial charge in [-0.2, -0.15) is 0 Å². The van der Waals surface area contributed by atoms with Gasteiger partial charge in [0, 0.05) is 22.3 Å². The number of ether oxygens (including phenoxy) is 1. The quantitative estimate of drug-likeness (QED) is 0.920. The van der Waals surface area contributed by atoms with Crippen molar-refractivity contribution in [1.82, 2.24) is 9.97 Å². The van der Waals surface area contributed by atoms with Gasteiger partial charge in [-0.3, -0.25) is 4.79 Å². The average Bonchev–Trinajstić information content (AvgIpc) is 2.90. The van der Waals surface area contributed by atoms with E-state index < -0.39 is 11.5 Å². The van der Waals surface area contributed by atoms with Crippen LogP contribution in [0.5, 0.6) is 5.75 Å². The first-order chi connectivity index (χ1) is 9.38. The van der Waals surface area contributed by atoms with Gasteiger partial charge in [-0.1, -0.05) is 36.7 Å². The highest BCUT2D eigenvalue weighted by Gasteiger charge is 2.34. The molecule has 0 saturated heterocycles. The molecule has 0 aliphatic heterocycles. The van der Waals surface area contributed by atoms with E-state index in [4.69, 9.17) is 4.74 Å². The van der Waals surface area contributed by atoms with E-state index in [9.17, 15) is 4.79 Å². The van der Waals surface area contributed by atoms with Crippen molar-refractivity contribution < 1.29 is 9.53 Å². The largest absolute Gasteiger partial charge is 0.475 e. The number of H-pyrrole nitrogens is 1. The van der Waals surface area contributed by atoms with Crippen LogP contribution in [0.1, 0.15) is 32.7 Å². The Morgan fingerprint density at radius 3 is 2.45 bits per heavy atom. The number of carbonyl (C=O) groups is 1. The minimum absolute atomic E-state index is 0.0182. The van der Waals surface area contributed by atoms with E-state index in [2.05, 4.69) is 25.9 Å². The van der Waals surface area contributed by atoms with E-state index >= 15 is 0 Å². The third kappa shape index (κ3) is 3.48. The van der Waals surface area contributed by atoms with Crippen molar-refractivity contribution in [2.45, 2.75) is 26.9 Å². The summed E-state index contributed by atoms with van der Waals surface area (Å²) < 4.78 is 6.80. The average molecular weight is 337 g/mol. The fourth-order valence-corrected chi connectivity index (χ4v) is 1.96. The molecule has 2 rings (SSSR count). The summed E-state index contributed by atoms with van der Waals surface area (Å²) in [6.07, 6.45) is 2.57. The molecule has 4 nitrogen and oxygen atoms in total. The first kappa shape index (κ1) is 14.8. The van der Waals surface area contributed by atoms with E-state index in [0.29, 0.717) is 11.6 Å². The summed E-state index contributed by atoms with van der Waals surface area (Å²) in [5.74, 6) is 1.13. The summed E-state index contributed by atoms with van der Waals surface area (Å²) in [5, 5.41) is 0. The number of hydrogen-bond acceptors (Lipinski definition) is 3. The third-order valence-electron chi connectivity index (χ3n) is 2.81. The van der Waals surface area contributed by atoms with E-state index in [1.807, 2.05) is 45.0 Å². The van der Waals surface area contributed by atoms with Gasteiger partial charge in [0.05, 0.1) is 0 Å². The number of nitrogens with one attached hydrogen (secondary N) is 1. The zero-order valence-electron chi connectivity index (χ0n) is 11.7. The molecular weight excluding hydrogens is 320 g/mol. The molecule has 5 heteroatoms. The molecule has 1 N–H and O–H groups in total. The van der Waals surface area contributed by atoms with Gasteiger partial charge in [-0.15, -0.1) is 0 Å². The van der Waals surface area contributed by atoms with Crippen LogP contribution in [0.4, 0.5) is 0 Å². The molecular formula is C15H17BrN2O2. The number of halogens is 1. The predicted molar refractivity (Wildman–Crippen MR) is 80.6 cm³/mol. The van der Waals surface area contributed by atoms with Gasteiger partial charge < -0.3 is 9.72 Å². The minimum Gasteiger partial charge on any atom is -0.475 e. The second kappa shape index (κ2) is 5.79. The van der Waals surface area contributed by atoms with Crippen LogP contribution in [0, 0.1) is 5.41 Å². The maximum absolute atomic E-state index is 12.5. The van der Waals surface area contributed by atoms with Crippen LogP contribution in [0.15, 0.2) is 41.1 Å². The number of hydrogen-bond donors (Lipinski definition) is 1. The SMILES string of the molecule is CC(C)(C)C(=O)C(Oc1ccc(Br)cc1)c1ncc[nH]1. The summed E-state index contributed by atoms with van der Waals surface area (Å²) in [6.45, 7) is 5.61. The number of imidazole rings is 1. The first-order valence-corrected chi connectivity index (χ1v) is 7.13. The summed E-state index contributed by atoms with van der Waals surface area (Å²) in [5.41, 5.74) is -0.507. The molecule has 0 amide bonds. The Morgan fingerprint density at radius 1 is 1.30 bits per heavy atom. The molecule has 0 aliphatic carbocycles. The van der Waals surface area contributed by atoms with Crippen molar-refractivity contribution in [1.29, 1.82) is 0 Å². The smallest absolute Gasteiger partial charge is 0.214 e. The highest BCUT2D eigenvalue weighted by molar-refractivity contribution is 9.10. The van der Waals surface area contributed by atoms with E-state index in [1.165, 1.54) is 0 Å². The van der Waals surface area contributed by atoms with Crippen molar-refractivity contribution in [3.05, 3.63) is 47.0 Å². The van der Waals surface area contributed by atoms with Gasteiger partial charge in [0.1, 0.15) is 5.75 Å². The van der Waals surface area contributed by atoms with Gasteiger partial charge in [0.15, 0.2) is 11.6 Å². The molecule has 0 spiro atoms. The maximum atomic E-state index is 12.5. The van der Waals surface area contributed by atoms with Crippen LogP contribution in [0.25, 0.3) is 0 Å². The lowest BCUT2D eigenvalue weighted by Crippen LogP contribution is -2.31. The number of Topliss-reactive ketones (excluding diaryl/α,β-unsaturated/α-hetero) is 1. The Morgan fingerprint density at radius 2 is 1.95 bits per heavy atom. The second-order valence-corrected chi connectivity index (χ2v) is 6.46. The van der Waals surface area contributed by atoms with Crippen LogP contribution in [0.3, 0.4) is 0 Å². The summed E-state index contributed by atoms with van der Waals surface area (Å²) in [6, 6.07) is 7.37. The number of ketones is 1. The van der Waals surface area contributed by atoms with Crippen LogP contribution in [-0.2, 0) is 4.79 Å². The third-order valence-corrected chi connectivity index (χ3v) is 3.34. The molecule has 1 aromatic heterocycles. The first-order valence-electron chi connectivity index (χ1n) is 6.34. The molecule has 0 saturated carbocycles. The maximum Gasteiger partial charge on any atom is 0.214 e. The molecule has 1 unspecified atom stereocenters. The van der Waals surface area contributed by atoms with Gasteiger partial charge in [0.25, 0.3) is 0 Å². The summed E-state index contributed by atoms with van der Waals surface area (Å²) >= 11 is 3.37. The molecule has 0 aliphatic rings. The lowest BCUT2D eigenvalue weighted by atomic mass is 9.87. The van der Waals surface area contributed by atoms with Crippen molar-refractivity contribution >= 4 is 21.7 Å². The number of aromatic amines is 1. The molecule has 20 heavy (non-hydrogen) atoms. The second-order valence-electron chi connectivity index (χ2n) is 5.54. The number of rotatable bonds is 4. The Bertz CT molecular complexity index is 571. The zero-order chi connectivity index (χ0) is 14.8. The Labute approximate surface area is 126 Å². The molecule has 0 bridgehead atoms. The van der Waals surface area contributed by atoms with E-state index in [-0.39, 0.29) is 5.78 Å². The minimum atomic E-state index is -0.730. The predicted octanol–water partition coefficient (Wildman–Crippen LogP) is 3.91. The van der Waals surface area contributed by atoms with Crippen LogP contribution in [-0.4, -0.2) is 15.8 Å². The fourth-order valence-electron chi connectivity index (χ4n) is 1.70. The lowest BCUT2D eigenvalue weighted by molar-refractivity contribution is -0.134. The number of benzene rings is 1. The Kier molecular flexibility index (Phi) is 4.28. The van der Waals surface area contributed by atoms with Crippen LogP contribution >= 0.6 is 15.9 Å². The number of aromatic nitrogens is 2. The topological polar surface area (TPSA) is 55.0 Å². The van der Waals surface area contributed by atoms with Gasteiger partial charge in [0.2, 0.25) is 6.10 Å². The van der Waals surface area contributed by atoms with Gasteiger partial charge in [-0.05, 0) is 24.3 Å². The standard InChI is InChI=1S/C15H17BrN2O2/c1-15(2,3)13(19)12(14-17-8-9-18-14)20-11-6-4-10(16)5-7-11/h4-9,12H,1-3H3,(H,17,18). The Hall–Kier alpha value is -1.62. The molecule has 106 valence electrons. The van der Waals surface area contributed by atoms with E-state index in [0.717, 1.165) is 4.47 Å². The zero-order valence-corrected chi connectivity index (χ0v) is 13.3. The molecule has 0 radical (unpaired) electrons. The van der Waals surface area contributed by atoms with Gasteiger partial charge >= 0.3 is 0 Å². The fraction of sp³-hybridized carbons (Fsp3) is 0.333. The highest BCUT2D eigenvalue weighted by Crippen LogP contribution is 2.29. The number of nitrogens with zero attached hydrogens (tertiary/aromatic N) is 1. The monoisotopic (exact) mass is 336 g/mol.